The summed E-state index contributed by atoms with van der Waals surface area (Å²) in [4.78, 5) is 71.3. The lowest BCUT2D eigenvalue weighted by atomic mass is 10.1. The maximum Gasteiger partial charge on any atom is 0.338 e. The number of fused-ring (bicyclic) bond motifs is 1. The Balaban J connectivity index is 1.57. The molecule has 2 heterocycles. The van der Waals surface area contributed by atoms with E-state index < -0.39 is 40.7 Å². The summed E-state index contributed by atoms with van der Waals surface area (Å²) in [6.45, 7) is -0.673. The van der Waals surface area contributed by atoms with Crippen molar-refractivity contribution in [3.8, 4) is 5.69 Å². The fraction of sp³-hybridized carbons (Fsp3) is 0.0455. The molecule has 0 spiro atoms. The molecule has 34 heavy (non-hydrogen) atoms. The summed E-state index contributed by atoms with van der Waals surface area (Å²) in [5.74, 6) is -3.32. The molecule has 12 nitrogen and oxygen atoms in total. The van der Waals surface area contributed by atoms with Crippen LogP contribution in [0.5, 0.6) is 0 Å². The van der Waals surface area contributed by atoms with Gasteiger partial charge >= 0.3 is 5.97 Å². The largest absolute Gasteiger partial charge is 0.454 e. The number of carbonyl (C=O) groups is 4. The quantitative estimate of drug-likeness (QED) is 0.179. The maximum atomic E-state index is 12.6. The first-order valence-corrected chi connectivity index (χ1v) is 9.64. The molecule has 4 rings (SSSR count). The predicted octanol–water partition coefficient (Wildman–Crippen LogP) is 1.25. The number of hydrogen-bond acceptors (Lipinski definition) is 9. The second-order valence-corrected chi connectivity index (χ2v) is 7.13. The molecule has 0 aliphatic carbocycles. The number of nitro benzene ring substituents is 1. The molecular formula is C22H14N4O8. The van der Waals surface area contributed by atoms with Crippen LogP contribution in [-0.4, -0.2) is 39.7 Å². The number of non-ortho nitro benzene ring substituents is 1. The third kappa shape index (κ3) is 3.90. The lowest BCUT2D eigenvalue weighted by Crippen LogP contribution is -2.24. The van der Waals surface area contributed by atoms with Crippen LogP contribution in [0.25, 0.3) is 5.69 Å². The van der Waals surface area contributed by atoms with Gasteiger partial charge in [0.25, 0.3) is 23.1 Å². The van der Waals surface area contributed by atoms with E-state index in [1.807, 2.05) is 0 Å². The lowest BCUT2D eigenvalue weighted by molar-refractivity contribution is -0.384. The predicted molar refractivity (Wildman–Crippen MR) is 116 cm³/mol. The zero-order valence-electron chi connectivity index (χ0n) is 17.1. The summed E-state index contributed by atoms with van der Waals surface area (Å²) >= 11 is 0. The number of anilines is 1. The van der Waals surface area contributed by atoms with Crippen LogP contribution in [0.4, 0.5) is 11.5 Å². The van der Waals surface area contributed by atoms with Crippen molar-refractivity contribution in [1.82, 2.24) is 9.88 Å². The zero-order valence-corrected chi connectivity index (χ0v) is 17.1. The van der Waals surface area contributed by atoms with Crippen molar-refractivity contribution in [1.29, 1.82) is 0 Å². The number of ether oxygens (including phenoxy) is 1. The van der Waals surface area contributed by atoms with E-state index in [1.165, 1.54) is 42.5 Å². The molecule has 2 amide bonds. The Morgan fingerprint density at radius 1 is 1.00 bits per heavy atom. The summed E-state index contributed by atoms with van der Waals surface area (Å²) in [6.07, 6.45) is 0. The number of ketones is 1. The Kier molecular flexibility index (Phi) is 5.47. The molecule has 170 valence electrons. The summed E-state index contributed by atoms with van der Waals surface area (Å²) in [5.41, 5.74) is 4.80. The van der Waals surface area contributed by atoms with Crippen LogP contribution in [0.2, 0.25) is 0 Å². The highest BCUT2D eigenvalue weighted by molar-refractivity contribution is 6.23. The Labute approximate surface area is 189 Å². The number of imide groups is 1. The lowest BCUT2D eigenvalue weighted by Gasteiger charge is -2.13. The van der Waals surface area contributed by atoms with E-state index in [1.54, 1.807) is 0 Å². The van der Waals surface area contributed by atoms with Gasteiger partial charge < -0.3 is 10.5 Å². The molecule has 12 heteroatoms. The van der Waals surface area contributed by atoms with E-state index in [9.17, 15) is 34.1 Å². The average molecular weight is 462 g/mol. The number of esters is 1. The molecule has 0 bridgehead atoms. The first-order valence-electron chi connectivity index (χ1n) is 9.64. The molecule has 0 radical (unpaired) electrons. The van der Waals surface area contributed by atoms with E-state index in [0.29, 0.717) is 0 Å². The SMILES string of the molecule is Nc1c2c(cc(=O)n1-c1cccc(C(=O)OCC(=O)c3cccc([N+](=O)[O-])c3)c1)C(=O)NC2=O. The number of nitrogens with two attached hydrogens (primary N) is 1. The van der Waals surface area contributed by atoms with Crippen LogP contribution < -0.4 is 16.6 Å². The number of aromatic nitrogens is 1. The van der Waals surface area contributed by atoms with E-state index in [-0.39, 0.29) is 39.4 Å². The Morgan fingerprint density at radius 2 is 1.71 bits per heavy atom. The standard InChI is InChI=1S/C22H14N4O8/c23-19-18-15(20(29)24-21(18)30)9-17(28)25(19)13-5-2-4-12(8-13)22(31)34-10-16(27)11-3-1-6-14(7-11)26(32)33/h1-9H,10,23H2,(H,24,29,30). The van der Waals surface area contributed by atoms with Crippen molar-refractivity contribution in [3.05, 3.63) is 97.3 Å². The molecule has 2 aromatic carbocycles. The van der Waals surface area contributed by atoms with Crippen molar-refractivity contribution >= 4 is 35.1 Å². The highest BCUT2D eigenvalue weighted by Crippen LogP contribution is 2.23. The minimum absolute atomic E-state index is 0.000964. The molecule has 3 N–H and O–H groups in total. The van der Waals surface area contributed by atoms with Gasteiger partial charge in [-0.2, -0.15) is 0 Å². The number of nitro groups is 1. The Bertz CT molecular complexity index is 1470. The minimum Gasteiger partial charge on any atom is -0.454 e. The number of hydrogen-bond donors (Lipinski definition) is 2. The number of benzene rings is 2. The van der Waals surface area contributed by atoms with Crippen molar-refractivity contribution in [2.45, 2.75) is 0 Å². The van der Waals surface area contributed by atoms with Gasteiger partial charge in [0.2, 0.25) is 5.78 Å². The molecular weight excluding hydrogens is 448 g/mol. The molecule has 1 aliphatic heterocycles. The van der Waals surface area contributed by atoms with Crippen LogP contribution in [0.3, 0.4) is 0 Å². The van der Waals surface area contributed by atoms with Crippen LogP contribution in [0.15, 0.2) is 59.4 Å². The molecule has 1 aliphatic rings. The van der Waals surface area contributed by atoms with Gasteiger partial charge in [0.1, 0.15) is 5.82 Å². The van der Waals surface area contributed by atoms with E-state index >= 15 is 0 Å². The van der Waals surface area contributed by atoms with Crippen LogP contribution in [0.1, 0.15) is 41.4 Å². The first-order chi connectivity index (χ1) is 16.2. The van der Waals surface area contributed by atoms with Gasteiger partial charge in [-0.3, -0.25) is 39.2 Å². The third-order valence-electron chi connectivity index (χ3n) is 5.01. The summed E-state index contributed by atoms with van der Waals surface area (Å²) in [5, 5.41) is 12.9. The van der Waals surface area contributed by atoms with E-state index in [0.717, 1.165) is 16.7 Å². The number of nitrogen functional groups attached to an aromatic ring is 1. The normalized spacial score (nSPS) is 12.1. The van der Waals surface area contributed by atoms with Crippen LogP contribution in [0, 0.1) is 10.1 Å². The van der Waals surface area contributed by atoms with Crippen molar-refractivity contribution in [3.63, 3.8) is 0 Å². The zero-order chi connectivity index (χ0) is 24.6. The van der Waals surface area contributed by atoms with Gasteiger partial charge in [-0.1, -0.05) is 18.2 Å². The third-order valence-corrected chi connectivity index (χ3v) is 5.01. The number of rotatable bonds is 6. The maximum absolute atomic E-state index is 12.6. The van der Waals surface area contributed by atoms with E-state index in [2.05, 4.69) is 5.32 Å². The minimum atomic E-state index is -0.902. The smallest absolute Gasteiger partial charge is 0.338 e. The molecule has 0 atom stereocenters. The fourth-order valence-electron chi connectivity index (χ4n) is 3.41. The highest BCUT2D eigenvalue weighted by atomic mass is 16.6. The summed E-state index contributed by atoms with van der Waals surface area (Å²) in [6, 6.07) is 11.5. The van der Waals surface area contributed by atoms with Crippen molar-refractivity contribution < 1.29 is 28.8 Å². The van der Waals surface area contributed by atoms with E-state index in [4.69, 9.17) is 10.5 Å². The molecule has 0 unspecified atom stereocenters. The van der Waals surface area contributed by atoms with Crippen LogP contribution >= 0.6 is 0 Å². The number of nitrogens with zero attached hydrogens (tertiary/aromatic N) is 2. The van der Waals surface area contributed by atoms with Gasteiger partial charge in [-0.25, -0.2) is 4.79 Å². The van der Waals surface area contributed by atoms with Gasteiger partial charge in [0, 0.05) is 23.8 Å². The number of pyridine rings is 1. The average Bonchev–Trinajstić information content (AvgIpc) is 3.10. The Hall–Kier alpha value is -5.13. The molecule has 3 aromatic rings. The second kappa shape index (κ2) is 8.43. The molecule has 1 aromatic heterocycles. The van der Waals surface area contributed by atoms with Crippen molar-refractivity contribution in [2.24, 2.45) is 0 Å². The number of amides is 2. The topological polar surface area (TPSA) is 181 Å². The molecule has 0 fully saturated rings. The number of nitrogens with one attached hydrogen (secondary N) is 1. The molecule has 0 saturated heterocycles. The fourth-order valence-corrected chi connectivity index (χ4v) is 3.41. The van der Waals surface area contributed by atoms with Crippen molar-refractivity contribution in [2.75, 3.05) is 12.3 Å². The first kappa shape index (κ1) is 22.1. The summed E-state index contributed by atoms with van der Waals surface area (Å²) < 4.78 is 5.98. The summed E-state index contributed by atoms with van der Waals surface area (Å²) in [7, 11) is 0. The second-order valence-electron chi connectivity index (χ2n) is 7.13. The van der Waals surface area contributed by atoms with Gasteiger partial charge in [-0.05, 0) is 18.2 Å². The Morgan fingerprint density at radius 3 is 2.44 bits per heavy atom. The molecule has 0 saturated carbocycles. The number of Topliss-reactive ketones (excluding diaryl/α,β-unsaturated/α-hetero) is 1. The van der Waals surface area contributed by atoms with Gasteiger partial charge in [0.05, 0.1) is 27.3 Å². The highest BCUT2D eigenvalue weighted by Gasteiger charge is 2.32. The van der Waals surface area contributed by atoms with Crippen LogP contribution in [-0.2, 0) is 4.74 Å². The van der Waals surface area contributed by atoms with Gasteiger partial charge in [0.15, 0.2) is 6.61 Å². The monoisotopic (exact) mass is 462 g/mol. The number of carbonyl (C=O) groups excluding carboxylic acids is 4. The van der Waals surface area contributed by atoms with Gasteiger partial charge in [-0.15, -0.1) is 0 Å².